The van der Waals surface area contributed by atoms with Gasteiger partial charge < -0.3 is 9.73 Å². The van der Waals surface area contributed by atoms with Crippen molar-refractivity contribution in [1.82, 2.24) is 5.32 Å². The molecule has 0 fully saturated rings. The number of hydrogen-bond acceptors (Lipinski definition) is 3. The van der Waals surface area contributed by atoms with Crippen LogP contribution in [-0.4, -0.2) is 0 Å². The van der Waals surface area contributed by atoms with Crippen LogP contribution in [0.25, 0.3) is 11.0 Å². The van der Waals surface area contributed by atoms with Crippen molar-refractivity contribution >= 4 is 22.6 Å². The Balaban J connectivity index is 1.72. The van der Waals surface area contributed by atoms with Gasteiger partial charge in [-0.25, -0.2) is 0 Å². The summed E-state index contributed by atoms with van der Waals surface area (Å²) >= 11 is 6.15. The zero-order valence-electron chi connectivity index (χ0n) is 11.3. The van der Waals surface area contributed by atoms with E-state index in [4.69, 9.17) is 21.3 Å². The van der Waals surface area contributed by atoms with Crippen molar-refractivity contribution in [2.75, 3.05) is 0 Å². The predicted octanol–water partition coefficient (Wildman–Crippen LogP) is 4.25. The first-order chi connectivity index (χ1) is 10.3. The van der Waals surface area contributed by atoms with Gasteiger partial charge in [0, 0.05) is 24.0 Å². The van der Waals surface area contributed by atoms with E-state index >= 15 is 0 Å². The van der Waals surface area contributed by atoms with Crippen molar-refractivity contribution in [1.29, 1.82) is 5.26 Å². The van der Waals surface area contributed by atoms with Crippen LogP contribution in [0.3, 0.4) is 0 Å². The molecule has 104 valence electrons. The van der Waals surface area contributed by atoms with Gasteiger partial charge in [0.25, 0.3) is 0 Å². The lowest BCUT2D eigenvalue weighted by Gasteiger charge is -2.04. The Kier molecular flexibility index (Phi) is 3.92. The third kappa shape index (κ3) is 2.92. The lowest BCUT2D eigenvalue weighted by atomic mass is 10.1. The molecule has 3 aromatic rings. The third-order valence-corrected chi connectivity index (χ3v) is 3.64. The number of halogens is 1. The minimum atomic E-state index is 0.425. The molecule has 0 amide bonds. The van der Waals surface area contributed by atoms with Crippen molar-refractivity contribution in [2.45, 2.75) is 13.1 Å². The molecule has 1 N–H and O–H groups in total. The molecule has 0 saturated heterocycles. The second-order valence-corrected chi connectivity index (χ2v) is 5.11. The summed E-state index contributed by atoms with van der Waals surface area (Å²) in [7, 11) is 0. The van der Waals surface area contributed by atoms with Crippen LogP contribution < -0.4 is 5.32 Å². The summed E-state index contributed by atoms with van der Waals surface area (Å²) in [4.78, 5) is 0. The van der Waals surface area contributed by atoms with E-state index in [1.165, 1.54) is 0 Å². The molecule has 0 saturated carbocycles. The molecule has 4 heteroatoms. The van der Waals surface area contributed by atoms with E-state index in [2.05, 4.69) is 11.4 Å². The summed E-state index contributed by atoms with van der Waals surface area (Å²) in [6, 6.07) is 17.5. The molecular weight excluding hydrogens is 284 g/mol. The van der Waals surface area contributed by atoms with E-state index in [1.54, 1.807) is 6.07 Å². The van der Waals surface area contributed by atoms with Gasteiger partial charge in [0.05, 0.1) is 11.6 Å². The average molecular weight is 297 g/mol. The van der Waals surface area contributed by atoms with Crippen LogP contribution in [0.1, 0.15) is 16.7 Å². The smallest absolute Gasteiger partial charge is 0.199 e. The Morgan fingerprint density at radius 3 is 2.81 bits per heavy atom. The van der Waals surface area contributed by atoms with Crippen LogP contribution >= 0.6 is 11.6 Å². The molecule has 2 aromatic carbocycles. The van der Waals surface area contributed by atoms with E-state index in [0.29, 0.717) is 23.9 Å². The minimum absolute atomic E-state index is 0.425. The summed E-state index contributed by atoms with van der Waals surface area (Å²) in [6.07, 6.45) is 0. The maximum Gasteiger partial charge on any atom is 0.199 e. The number of para-hydroxylation sites is 1. The van der Waals surface area contributed by atoms with Gasteiger partial charge in [-0.3, -0.25) is 0 Å². The van der Waals surface area contributed by atoms with Crippen molar-refractivity contribution in [3.8, 4) is 6.07 Å². The molecule has 21 heavy (non-hydrogen) atoms. The minimum Gasteiger partial charge on any atom is -0.444 e. The molecule has 0 unspecified atom stereocenters. The van der Waals surface area contributed by atoms with Crippen LogP contribution in [0, 0.1) is 11.3 Å². The Labute approximate surface area is 127 Å². The largest absolute Gasteiger partial charge is 0.444 e. The van der Waals surface area contributed by atoms with Gasteiger partial charge in [-0.1, -0.05) is 30.3 Å². The molecule has 1 aromatic heterocycles. The number of furan rings is 1. The maximum absolute atomic E-state index is 8.89. The Morgan fingerprint density at radius 1 is 1.10 bits per heavy atom. The normalized spacial score (nSPS) is 10.7. The average Bonchev–Trinajstić information content (AvgIpc) is 2.83. The molecule has 0 spiro atoms. The van der Waals surface area contributed by atoms with E-state index in [1.807, 2.05) is 42.5 Å². The Hall–Kier alpha value is -2.28. The highest BCUT2D eigenvalue weighted by molar-refractivity contribution is 6.30. The fourth-order valence-electron chi connectivity index (χ4n) is 2.32. The second kappa shape index (κ2) is 6.01. The van der Waals surface area contributed by atoms with Gasteiger partial charge in [0.2, 0.25) is 0 Å². The lowest BCUT2D eigenvalue weighted by Crippen LogP contribution is -2.12. The van der Waals surface area contributed by atoms with Crippen molar-refractivity contribution in [3.05, 3.63) is 70.4 Å². The van der Waals surface area contributed by atoms with Crippen LogP contribution in [0.15, 0.2) is 52.9 Å². The number of benzene rings is 2. The molecule has 3 rings (SSSR count). The summed E-state index contributed by atoms with van der Waals surface area (Å²) in [6.45, 7) is 1.29. The highest BCUT2D eigenvalue weighted by Crippen LogP contribution is 2.29. The highest BCUT2D eigenvalue weighted by atomic mass is 35.5. The molecule has 0 bridgehead atoms. The fraction of sp³-hybridized carbons (Fsp3) is 0.118. The van der Waals surface area contributed by atoms with E-state index in [-0.39, 0.29) is 0 Å². The van der Waals surface area contributed by atoms with Gasteiger partial charge in [-0.05, 0) is 35.4 Å². The number of nitrogens with zero attached hydrogens (tertiary/aromatic N) is 1. The summed E-state index contributed by atoms with van der Waals surface area (Å²) < 4.78 is 5.52. The Morgan fingerprint density at radius 2 is 1.95 bits per heavy atom. The van der Waals surface area contributed by atoms with Gasteiger partial charge >= 0.3 is 0 Å². The van der Waals surface area contributed by atoms with Gasteiger partial charge in [0.15, 0.2) is 5.22 Å². The lowest BCUT2D eigenvalue weighted by molar-refractivity contribution is 0.604. The monoisotopic (exact) mass is 296 g/mol. The SMILES string of the molecule is N#Cc1cccc(CNCc2c(Cl)oc3ccccc23)c1. The number of nitrogens with one attached hydrogen (secondary N) is 1. The van der Waals surface area contributed by atoms with Crippen LogP contribution in [-0.2, 0) is 13.1 Å². The third-order valence-electron chi connectivity index (χ3n) is 3.34. The molecule has 0 aliphatic rings. The van der Waals surface area contributed by atoms with Crippen LogP contribution in [0.2, 0.25) is 5.22 Å². The van der Waals surface area contributed by atoms with Gasteiger partial charge in [-0.2, -0.15) is 5.26 Å². The molecule has 3 nitrogen and oxygen atoms in total. The van der Waals surface area contributed by atoms with Gasteiger partial charge in [-0.15, -0.1) is 0 Å². The number of nitriles is 1. The predicted molar refractivity (Wildman–Crippen MR) is 82.9 cm³/mol. The summed E-state index contributed by atoms with van der Waals surface area (Å²) in [5, 5.41) is 13.7. The Bertz CT molecular complexity index is 817. The molecule has 0 radical (unpaired) electrons. The zero-order chi connectivity index (χ0) is 14.7. The quantitative estimate of drug-likeness (QED) is 0.783. The van der Waals surface area contributed by atoms with Crippen LogP contribution in [0.5, 0.6) is 0 Å². The second-order valence-electron chi connectivity index (χ2n) is 4.77. The first-order valence-corrected chi connectivity index (χ1v) is 7.01. The standard InChI is InChI=1S/C17H13ClN2O/c18-17-15(14-6-1-2-7-16(14)21-17)11-20-10-13-5-3-4-12(8-13)9-19/h1-8,20H,10-11H2. The molecule has 0 aliphatic heterocycles. The first-order valence-electron chi connectivity index (χ1n) is 6.63. The number of hydrogen-bond donors (Lipinski definition) is 1. The van der Waals surface area contributed by atoms with Crippen molar-refractivity contribution < 1.29 is 4.42 Å². The number of fused-ring (bicyclic) bond motifs is 1. The van der Waals surface area contributed by atoms with E-state index in [0.717, 1.165) is 22.1 Å². The van der Waals surface area contributed by atoms with Crippen molar-refractivity contribution in [2.24, 2.45) is 0 Å². The zero-order valence-corrected chi connectivity index (χ0v) is 12.0. The molecule has 0 aliphatic carbocycles. The molecule has 0 atom stereocenters. The fourth-order valence-corrected chi connectivity index (χ4v) is 2.57. The molecule has 1 heterocycles. The topological polar surface area (TPSA) is 49.0 Å². The first kappa shape index (κ1) is 13.7. The summed E-state index contributed by atoms with van der Waals surface area (Å²) in [5.74, 6) is 0. The van der Waals surface area contributed by atoms with Gasteiger partial charge in [0.1, 0.15) is 5.58 Å². The molecular formula is C17H13ClN2O. The van der Waals surface area contributed by atoms with Crippen LogP contribution in [0.4, 0.5) is 0 Å². The van der Waals surface area contributed by atoms with Crippen molar-refractivity contribution in [3.63, 3.8) is 0 Å². The summed E-state index contributed by atoms with van der Waals surface area (Å²) in [5.41, 5.74) is 3.49. The number of rotatable bonds is 4. The highest BCUT2D eigenvalue weighted by Gasteiger charge is 2.11. The van der Waals surface area contributed by atoms with E-state index in [9.17, 15) is 0 Å². The van der Waals surface area contributed by atoms with E-state index < -0.39 is 0 Å². The maximum atomic E-state index is 8.89.